The zero-order chi connectivity index (χ0) is 11.7. The summed E-state index contributed by atoms with van der Waals surface area (Å²) < 4.78 is 23.1. The summed E-state index contributed by atoms with van der Waals surface area (Å²) in [5, 5.41) is 2.56. The third kappa shape index (κ3) is 1.71. The number of nitrogens with one attached hydrogen (secondary N) is 1. The Kier molecular flexibility index (Phi) is 2.74. The van der Waals surface area contributed by atoms with E-state index in [0.29, 0.717) is 12.0 Å². The van der Waals surface area contributed by atoms with E-state index >= 15 is 0 Å². The third-order valence-corrected chi connectivity index (χ3v) is 2.44. The van der Waals surface area contributed by atoms with Gasteiger partial charge in [0.05, 0.1) is 7.11 Å². The molecule has 1 aromatic rings. The van der Waals surface area contributed by atoms with Gasteiger partial charge in [0.25, 0.3) is 11.9 Å². The minimum Gasteiger partial charge on any atom is -0.492 e. The summed E-state index contributed by atoms with van der Waals surface area (Å²) in [6.07, 6.45) is 0.0401. The Labute approximate surface area is 91.6 Å². The van der Waals surface area contributed by atoms with Crippen molar-refractivity contribution in [1.82, 2.24) is 10.3 Å². The fourth-order valence-electron chi connectivity index (χ4n) is 1.61. The largest absolute Gasteiger partial charge is 0.492 e. The Hall–Kier alpha value is -1.69. The van der Waals surface area contributed by atoms with Crippen LogP contribution in [0.4, 0.5) is 4.39 Å². The van der Waals surface area contributed by atoms with E-state index in [4.69, 9.17) is 9.47 Å². The van der Waals surface area contributed by atoms with E-state index in [-0.39, 0.29) is 11.4 Å². The van der Waals surface area contributed by atoms with Crippen LogP contribution >= 0.6 is 0 Å². The molecule has 0 saturated carbocycles. The first-order valence-corrected chi connectivity index (χ1v) is 4.72. The molecular formula is C10H11FN2O3. The average molecular weight is 226 g/mol. The molecule has 1 unspecified atom stereocenters. The second kappa shape index (κ2) is 4.05. The summed E-state index contributed by atoms with van der Waals surface area (Å²) >= 11 is 0. The Morgan fingerprint density at radius 3 is 2.94 bits per heavy atom. The van der Waals surface area contributed by atoms with Crippen molar-refractivity contribution in [2.75, 3.05) is 14.2 Å². The second-order valence-electron chi connectivity index (χ2n) is 3.39. The van der Waals surface area contributed by atoms with Gasteiger partial charge < -0.3 is 14.8 Å². The molecule has 0 bridgehead atoms. The van der Waals surface area contributed by atoms with Gasteiger partial charge in [0.15, 0.2) is 5.75 Å². The maximum atomic E-state index is 13.3. The van der Waals surface area contributed by atoms with Crippen LogP contribution in [-0.2, 0) is 11.2 Å². The molecule has 0 radical (unpaired) electrons. The molecule has 1 aromatic heterocycles. The molecule has 1 atom stereocenters. The predicted molar refractivity (Wildman–Crippen MR) is 52.7 cm³/mol. The fraction of sp³-hybridized carbons (Fsp3) is 0.400. The minimum atomic E-state index is -0.785. The van der Waals surface area contributed by atoms with Gasteiger partial charge in [-0.3, -0.25) is 4.79 Å². The summed E-state index contributed by atoms with van der Waals surface area (Å²) in [5.41, 5.74) is 0.709. The minimum absolute atomic E-state index is 0.0308. The van der Waals surface area contributed by atoms with Crippen molar-refractivity contribution < 1.29 is 18.7 Å². The van der Waals surface area contributed by atoms with Crippen molar-refractivity contribution in [3.05, 3.63) is 23.3 Å². The number of rotatable bonds is 2. The van der Waals surface area contributed by atoms with Crippen LogP contribution in [-0.4, -0.2) is 31.3 Å². The van der Waals surface area contributed by atoms with Crippen LogP contribution in [0.25, 0.3) is 0 Å². The van der Waals surface area contributed by atoms with Crippen molar-refractivity contribution in [2.45, 2.75) is 12.6 Å². The van der Waals surface area contributed by atoms with Gasteiger partial charge in [0.1, 0.15) is 11.9 Å². The lowest BCUT2D eigenvalue weighted by atomic mass is 10.0. The highest BCUT2D eigenvalue weighted by molar-refractivity contribution is 5.95. The van der Waals surface area contributed by atoms with Crippen LogP contribution in [0.1, 0.15) is 16.1 Å². The molecular weight excluding hydrogens is 215 g/mol. The molecule has 0 spiro atoms. The van der Waals surface area contributed by atoms with Gasteiger partial charge >= 0.3 is 0 Å². The van der Waals surface area contributed by atoms with E-state index in [1.807, 2.05) is 0 Å². The summed E-state index contributed by atoms with van der Waals surface area (Å²) in [6, 6.07) is 1.47. The van der Waals surface area contributed by atoms with Crippen molar-refractivity contribution in [3.63, 3.8) is 0 Å². The number of pyridine rings is 1. The summed E-state index contributed by atoms with van der Waals surface area (Å²) in [5.74, 6) is -1.19. The number of carbonyl (C=O) groups excluding carboxylic acids is 1. The predicted octanol–water partition coefficient (Wildman–Crippen LogP) is 0.488. The molecule has 86 valence electrons. The standard InChI is InChI=1S/C10H11FN2O3/c1-15-6-3-5-4-7(16-2)12-10(14)8(5)13-9(6)11/h3,7H,4H2,1-2H3,(H,12,14). The normalized spacial score (nSPS) is 18.9. The van der Waals surface area contributed by atoms with E-state index in [2.05, 4.69) is 10.3 Å². The summed E-state index contributed by atoms with van der Waals surface area (Å²) in [7, 11) is 2.84. The zero-order valence-corrected chi connectivity index (χ0v) is 8.91. The Morgan fingerprint density at radius 2 is 2.31 bits per heavy atom. The number of halogens is 1. The van der Waals surface area contributed by atoms with Gasteiger partial charge in [-0.2, -0.15) is 4.39 Å². The third-order valence-electron chi connectivity index (χ3n) is 2.44. The number of amides is 1. The molecule has 5 nitrogen and oxygen atoms in total. The van der Waals surface area contributed by atoms with Crippen molar-refractivity contribution in [1.29, 1.82) is 0 Å². The number of carbonyl (C=O) groups is 1. The molecule has 0 saturated heterocycles. The smallest absolute Gasteiger partial charge is 0.272 e. The maximum Gasteiger partial charge on any atom is 0.272 e. The van der Waals surface area contributed by atoms with Crippen LogP contribution in [0.15, 0.2) is 6.07 Å². The monoisotopic (exact) mass is 226 g/mol. The van der Waals surface area contributed by atoms with Gasteiger partial charge in [0, 0.05) is 13.5 Å². The van der Waals surface area contributed by atoms with E-state index in [9.17, 15) is 9.18 Å². The number of hydrogen-bond donors (Lipinski definition) is 1. The molecule has 1 aliphatic rings. The molecule has 2 heterocycles. The topological polar surface area (TPSA) is 60.5 Å². The van der Waals surface area contributed by atoms with Crippen LogP contribution in [0.2, 0.25) is 0 Å². The van der Waals surface area contributed by atoms with E-state index < -0.39 is 18.1 Å². The molecule has 6 heteroatoms. The van der Waals surface area contributed by atoms with Crippen LogP contribution in [0, 0.1) is 5.95 Å². The Bertz CT molecular complexity index is 436. The molecule has 1 amide bonds. The van der Waals surface area contributed by atoms with Crippen molar-refractivity contribution in [3.8, 4) is 5.75 Å². The number of ether oxygens (including phenoxy) is 2. The summed E-state index contributed by atoms with van der Waals surface area (Å²) in [4.78, 5) is 15.1. The van der Waals surface area contributed by atoms with Gasteiger partial charge in [-0.1, -0.05) is 0 Å². The van der Waals surface area contributed by atoms with Crippen LogP contribution < -0.4 is 10.1 Å². The first kappa shape index (κ1) is 10.8. The number of hydrogen-bond acceptors (Lipinski definition) is 4. The Morgan fingerprint density at radius 1 is 1.56 bits per heavy atom. The maximum absolute atomic E-state index is 13.3. The lowest BCUT2D eigenvalue weighted by molar-refractivity contribution is 0.0530. The number of fused-ring (bicyclic) bond motifs is 1. The summed E-state index contributed by atoms with van der Waals surface area (Å²) in [6.45, 7) is 0. The molecule has 16 heavy (non-hydrogen) atoms. The lowest BCUT2D eigenvalue weighted by Gasteiger charge is -2.23. The van der Waals surface area contributed by atoms with Gasteiger partial charge in [-0.25, -0.2) is 4.98 Å². The first-order valence-electron chi connectivity index (χ1n) is 4.72. The number of aromatic nitrogens is 1. The van der Waals surface area contributed by atoms with Crippen LogP contribution in [0.5, 0.6) is 5.75 Å². The van der Waals surface area contributed by atoms with Crippen LogP contribution in [0.3, 0.4) is 0 Å². The van der Waals surface area contributed by atoms with E-state index in [1.54, 1.807) is 0 Å². The van der Waals surface area contributed by atoms with Gasteiger partial charge in [0.2, 0.25) is 0 Å². The number of nitrogens with zero attached hydrogens (tertiary/aromatic N) is 1. The zero-order valence-electron chi connectivity index (χ0n) is 8.91. The Balaban J connectivity index is 2.45. The molecule has 1 N–H and O–H groups in total. The van der Waals surface area contributed by atoms with Gasteiger partial charge in [-0.05, 0) is 11.6 Å². The highest BCUT2D eigenvalue weighted by Crippen LogP contribution is 2.23. The average Bonchev–Trinajstić information content (AvgIpc) is 2.29. The second-order valence-corrected chi connectivity index (χ2v) is 3.39. The highest BCUT2D eigenvalue weighted by atomic mass is 19.1. The molecule has 1 aliphatic heterocycles. The fourth-order valence-corrected chi connectivity index (χ4v) is 1.61. The lowest BCUT2D eigenvalue weighted by Crippen LogP contribution is -2.43. The highest BCUT2D eigenvalue weighted by Gasteiger charge is 2.27. The van der Waals surface area contributed by atoms with Gasteiger partial charge in [-0.15, -0.1) is 0 Å². The first-order chi connectivity index (χ1) is 7.65. The number of methoxy groups -OCH3 is 2. The molecule has 2 rings (SSSR count). The van der Waals surface area contributed by atoms with Crippen molar-refractivity contribution >= 4 is 5.91 Å². The SMILES string of the molecule is COc1cc2c(nc1F)C(=O)NC(OC)C2. The molecule has 0 fully saturated rings. The molecule has 0 aromatic carbocycles. The molecule has 0 aliphatic carbocycles. The quantitative estimate of drug-likeness (QED) is 0.745. The van der Waals surface area contributed by atoms with E-state index in [0.717, 1.165) is 0 Å². The van der Waals surface area contributed by atoms with Crippen molar-refractivity contribution in [2.24, 2.45) is 0 Å². The van der Waals surface area contributed by atoms with E-state index in [1.165, 1.54) is 20.3 Å².